The second-order valence-electron chi connectivity index (χ2n) is 7.20. The van der Waals surface area contributed by atoms with Crippen LogP contribution < -0.4 is 19.9 Å². The molecule has 1 unspecified atom stereocenters. The van der Waals surface area contributed by atoms with Crippen molar-refractivity contribution in [2.75, 3.05) is 12.4 Å². The van der Waals surface area contributed by atoms with E-state index in [1.807, 2.05) is 6.92 Å². The minimum Gasteiger partial charge on any atom is -0.481 e. The Morgan fingerprint density at radius 2 is 2.22 bits per heavy atom. The van der Waals surface area contributed by atoms with Gasteiger partial charge < -0.3 is 14.8 Å². The van der Waals surface area contributed by atoms with Crippen molar-refractivity contribution < 1.29 is 22.9 Å². The quantitative estimate of drug-likeness (QED) is 0.614. The number of pyridine rings is 1. The summed E-state index contributed by atoms with van der Waals surface area (Å²) in [5.74, 6) is 0.0316. The van der Waals surface area contributed by atoms with Gasteiger partial charge in [0.1, 0.15) is 16.8 Å². The number of rotatable bonds is 4. The maximum Gasteiger partial charge on any atom is 0.354 e. The van der Waals surface area contributed by atoms with Crippen LogP contribution in [-0.2, 0) is 16.5 Å². The summed E-state index contributed by atoms with van der Waals surface area (Å²) < 4.78 is 43.2. The molecular weight excluding hydrogens is 439 g/mol. The molecular formula is C20H21FN6O4S. The van der Waals surface area contributed by atoms with Crippen LogP contribution in [0.15, 0.2) is 45.9 Å². The molecule has 10 nitrogen and oxygen atoms in total. The third-order valence-corrected chi connectivity index (χ3v) is 6.27. The fourth-order valence-corrected chi connectivity index (χ4v) is 4.35. The van der Waals surface area contributed by atoms with Crippen LogP contribution in [0.2, 0.25) is 0 Å². The molecule has 0 saturated heterocycles. The summed E-state index contributed by atoms with van der Waals surface area (Å²) >= 11 is 0. The first-order valence-electron chi connectivity index (χ1n) is 9.57. The van der Waals surface area contributed by atoms with Crippen molar-refractivity contribution in [1.82, 2.24) is 14.8 Å². The number of nitrogens with two attached hydrogens (primary N) is 1. The van der Waals surface area contributed by atoms with Gasteiger partial charge in [0.15, 0.2) is 9.92 Å². The predicted molar refractivity (Wildman–Crippen MR) is 115 cm³/mol. The molecule has 3 heterocycles. The first kappa shape index (κ1) is 21.7. The van der Waals surface area contributed by atoms with Crippen LogP contribution in [0.3, 0.4) is 0 Å². The summed E-state index contributed by atoms with van der Waals surface area (Å²) in [6.45, 7) is 3.80. The minimum atomic E-state index is -3.67. The number of carbonyl (C=O) groups is 1. The lowest BCUT2D eigenvalue weighted by Crippen LogP contribution is -2.19. The molecule has 2 amide bonds. The molecule has 12 heteroatoms. The van der Waals surface area contributed by atoms with Crippen LogP contribution in [0.1, 0.15) is 12.5 Å². The van der Waals surface area contributed by atoms with Crippen LogP contribution in [-0.4, -0.2) is 38.2 Å². The zero-order valence-electron chi connectivity index (χ0n) is 17.5. The van der Waals surface area contributed by atoms with E-state index in [0.29, 0.717) is 23.6 Å². The molecule has 3 aromatic rings. The SMILES string of the molecule is COc1cc(-c2ccc(F)c(C)c2NC(=O)N=S(N)(=O)c2cnn3c2O[C@H](C)C3)ccn1. The van der Waals surface area contributed by atoms with Gasteiger partial charge in [-0.05, 0) is 37.6 Å². The van der Waals surface area contributed by atoms with Crippen LogP contribution in [0, 0.1) is 12.7 Å². The monoisotopic (exact) mass is 460 g/mol. The van der Waals surface area contributed by atoms with Crippen molar-refractivity contribution in [3.63, 3.8) is 0 Å². The molecule has 1 aliphatic rings. The number of methoxy groups -OCH3 is 1. The Morgan fingerprint density at radius 1 is 1.44 bits per heavy atom. The molecule has 0 bridgehead atoms. The third kappa shape index (κ3) is 4.01. The molecule has 0 saturated carbocycles. The molecule has 32 heavy (non-hydrogen) atoms. The van der Waals surface area contributed by atoms with E-state index in [4.69, 9.17) is 14.6 Å². The lowest BCUT2D eigenvalue weighted by molar-refractivity contribution is 0.248. The standard InChI is InChI=1S/C20H21FN6O4S/c1-11-10-27-19(31-11)16(9-24-27)32(22,29)26-20(28)25-18-12(2)15(21)5-4-14(18)13-6-7-23-17(8-13)30-3/h4-9,11H,10H2,1-3H3,(H3,22,25,26,28,29)/t11-,32?/m1/s1. The van der Waals surface area contributed by atoms with E-state index in [1.165, 1.54) is 43.2 Å². The van der Waals surface area contributed by atoms with E-state index in [9.17, 15) is 13.4 Å². The van der Waals surface area contributed by atoms with E-state index in [0.717, 1.165) is 0 Å². The number of benzene rings is 1. The lowest BCUT2D eigenvalue weighted by atomic mass is 10.0. The number of ether oxygens (including phenoxy) is 2. The van der Waals surface area contributed by atoms with Crippen LogP contribution in [0.4, 0.5) is 14.9 Å². The Hall–Kier alpha value is -3.51. The second kappa shape index (κ2) is 8.20. The molecule has 0 aliphatic carbocycles. The number of nitrogens with zero attached hydrogens (tertiary/aromatic N) is 4. The molecule has 0 spiro atoms. The Kier molecular flexibility index (Phi) is 5.57. The van der Waals surface area contributed by atoms with Crippen LogP contribution in [0.25, 0.3) is 11.1 Å². The average molecular weight is 460 g/mol. The number of halogens is 1. The normalized spacial score (nSPS) is 16.6. The predicted octanol–water partition coefficient (Wildman–Crippen LogP) is 3.11. The molecule has 0 fully saturated rings. The van der Waals surface area contributed by atoms with Gasteiger partial charge in [0, 0.05) is 23.4 Å². The number of nitrogens with one attached hydrogen (secondary N) is 1. The molecule has 2 atom stereocenters. The molecule has 4 rings (SSSR count). The Balaban J connectivity index is 1.71. The largest absolute Gasteiger partial charge is 0.481 e. The van der Waals surface area contributed by atoms with E-state index in [1.54, 1.807) is 12.1 Å². The summed E-state index contributed by atoms with van der Waals surface area (Å²) in [4.78, 5) is 16.8. The first-order valence-corrected chi connectivity index (χ1v) is 11.2. The molecule has 1 aromatic carbocycles. The molecule has 2 aromatic heterocycles. The maximum absolute atomic E-state index is 14.3. The van der Waals surface area contributed by atoms with Crippen LogP contribution in [0.5, 0.6) is 11.8 Å². The van der Waals surface area contributed by atoms with E-state index in [-0.39, 0.29) is 28.1 Å². The summed E-state index contributed by atoms with van der Waals surface area (Å²) in [5, 5.41) is 12.5. The third-order valence-electron chi connectivity index (χ3n) is 4.92. The fraction of sp³-hybridized carbons (Fsp3) is 0.250. The Bertz CT molecular complexity index is 1330. The summed E-state index contributed by atoms with van der Waals surface area (Å²) in [6, 6.07) is 5.11. The van der Waals surface area contributed by atoms with Crippen LogP contribution >= 0.6 is 0 Å². The number of urea groups is 1. The van der Waals surface area contributed by atoms with Gasteiger partial charge in [0.05, 0.1) is 25.5 Å². The fourth-order valence-electron chi connectivity index (χ4n) is 3.36. The Labute approximate surface area is 183 Å². The van der Waals surface area contributed by atoms with Gasteiger partial charge in [0.25, 0.3) is 0 Å². The lowest BCUT2D eigenvalue weighted by Gasteiger charge is -2.14. The number of hydrogen-bond donors (Lipinski definition) is 2. The Morgan fingerprint density at radius 3 is 2.97 bits per heavy atom. The van der Waals surface area contributed by atoms with Crippen molar-refractivity contribution in [2.45, 2.75) is 31.4 Å². The number of amides is 2. The van der Waals surface area contributed by atoms with E-state index in [2.05, 4.69) is 19.8 Å². The zero-order chi connectivity index (χ0) is 23.0. The number of fused-ring (bicyclic) bond motifs is 1. The highest BCUT2D eigenvalue weighted by molar-refractivity contribution is 7.91. The number of anilines is 1. The van der Waals surface area contributed by atoms with Crippen molar-refractivity contribution in [3.05, 3.63) is 48.0 Å². The highest BCUT2D eigenvalue weighted by Crippen LogP contribution is 2.34. The smallest absolute Gasteiger partial charge is 0.354 e. The van der Waals surface area contributed by atoms with E-state index >= 15 is 0 Å². The zero-order valence-corrected chi connectivity index (χ0v) is 18.4. The van der Waals surface area contributed by atoms with Gasteiger partial charge in [-0.15, -0.1) is 4.36 Å². The number of hydrogen-bond acceptors (Lipinski definition) is 6. The van der Waals surface area contributed by atoms with Gasteiger partial charge in [-0.25, -0.2) is 28.2 Å². The van der Waals surface area contributed by atoms with E-state index < -0.39 is 21.8 Å². The van der Waals surface area contributed by atoms with Crippen molar-refractivity contribution in [2.24, 2.45) is 9.50 Å². The summed E-state index contributed by atoms with van der Waals surface area (Å²) in [5.41, 5.74) is 1.46. The summed E-state index contributed by atoms with van der Waals surface area (Å²) in [6.07, 6.45) is 2.62. The van der Waals surface area contributed by atoms with Gasteiger partial charge in [-0.3, -0.25) is 0 Å². The topological polar surface area (TPSA) is 134 Å². The highest BCUT2D eigenvalue weighted by Gasteiger charge is 2.28. The van der Waals surface area contributed by atoms with Crippen molar-refractivity contribution in [1.29, 1.82) is 0 Å². The second-order valence-corrected chi connectivity index (χ2v) is 8.96. The molecule has 1 aliphatic heterocycles. The van der Waals surface area contributed by atoms with Gasteiger partial charge in [0.2, 0.25) is 11.8 Å². The maximum atomic E-state index is 14.3. The average Bonchev–Trinajstić information content (AvgIpc) is 3.30. The number of carbonyl (C=O) groups excluding carboxylic acids is 1. The summed E-state index contributed by atoms with van der Waals surface area (Å²) in [7, 11) is -2.19. The molecule has 3 N–H and O–H groups in total. The number of aromatic nitrogens is 3. The molecule has 0 radical (unpaired) electrons. The van der Waals surface area contributed by atoms with Gasteiger partial charge in [-0.2, -0.15) is 5.10 Å². The minimum absolute atomic E-state index is 0.0204. The van der Waals surface area contributed by atoms with Crippen molar-refractivity contribution in [3.8, 4) is 22.9 Å². The first-order chi connectivity index (χ1) is 15.2. The van der Waals surface area contributed by atoms with Gasteiger partial charge in [-0.1, -0.05) is 0 Å². The van der Waals surface area contributed by atoms with Gasteiger partial charge >= 0.3 is 6.03 Å². The van der Waals surface area contributed by atoms with Crippen molar-refractivity contribution >= 4 is 21.6 Å². The highest BCUT2D eigenvalue weighted by atomic mass is 32.2. The molecule has 168 valence electrons.